The molecule has 1 fully saturated rings. The summed E-state index contributed by atoms with van der Waals surface area (Å²) in [4.78, 5) is 22.5. The number of carbonyl (C=O) groups excluding carboxylic acids is 1. The Kier molecular flexibility index (Phi) is 5.41. The minimum Gasteiger partial charge on any atom is -0.481 e. The number of ether oxygens (including phenoxy) is 2. The average molecular weight is 244 g/mol. The van der Waals surface area contributed by atoms with E-state index in [4.69, 9.17) is 14.6 Å². The Bertz CT molecular complexity index is 268. The molecule has 1 unspecified atom stereocenters. The van der Waals surface area contributed by atoms with E-state index in [1.54, 1.807) is 6.92 Å². The summed E-state index contributed by atoms with van der Waals surface area (Å²) in [5, 5.41) is 8.84. The van der Waals surface area contributed by atoms with Gasteiger partial charge in [-0.3, -0.25) is 9.59 Å². The molecular weight excluding hydrogens is 224 g/mol. The number of carboxylic acids is 1. The van der Waals surface area contributed by atoms with Gasteiger partial charge in [0, 0.05) is 6.61 Å². The van der Waals surface area contributed by atoms with Gasteiger partial charge in [0.2, 0.25) is 0 Å². The van der Waals surface area contributed by atoms with Gasteiger partial charge in [0.1, 0.15) is 0 Å². The molecule has 5 heteroatoms. The van der Waals surface area contributed by atoms with E-state index in [1.807, 2.05) is 6.92 Å². The molecule has 1 aliphatic carbocycles. The molecule has 0 aliphatic heterocycles. The minimum atomic E-state index is -0.764. The second-order valence-corrected chi connectivity index (χ2v) is 4.35. The lowest BCUT2D eigenvalue weighted by molar-refractivity contribution is -0.180. The SMILES string of the molecule is CCOC(C)OC(=O)C1CCC(C(=O)O)CC1. The molecule has 0 radical (unpaired) electrons. The van der Waals surface area contributed by atoms with Gasteiger partial charge in [-0.1, -0.05) is 0 Å². The van der Waals surface area contributed by atoms with Gasteiger partial charge in [0.25, 0.3) is 0 Å². The van der Waals surface area contributed by atoms with Gasteiger partial charge in [0.15, 0.2) is 6.29 Å². The van der Waals surface area contributed by atoms with Crippen molar-refractivity contribution in [3.05, 3.63) is 0 Å². The number of esters is 1. The van der Waals surface area contributed by atoms with Crippen LogP contribution in [0.2, 0.25) is 0 Å². The third-order valence-corrected chi connectivity index (χ3v) is 3.09. The summed E-state index contributed by atoms with van der Waals surface area (Å²) in [6.07, 6.45) is 1.77. The van der Waals surface area contributed by atoms with Crippen LogP contribution >= 0.6 is 0 Å². The van der Waals surface area contributed by atoms with Crippen molar-refractivity contribution >= 4 is 11.9 Å². The van der Waals surface area contributed by atoms with Crippen molar-refractivity contribution < 1.29 is 24.2 Å². The van der Waals surface area contributed by atoms with Crippen LogP contribution in [0.3, 0.4) is 0 Å². The maximum Gasteiger partial charge on any atom is 0.311 e. The first-order valence-electron chi connectivity index (χ1n) is 6.09. The Morgan fingerprint density at radius 2 is 1.76 bits per heavy atom. The molecule has 0 aromatic heterocycles. The maximum absolute atomic E-state index is 11.7. The van der Waals surface area contributed by atoms with Gasteiger partial charge in [-0.15, -0.1) is 0 Å². The molecule has 0 bridgehead atoms. The van der Waals surface area contributed by atoms with E-state index in [9.17, 15) is 9.59 Å². The molecule has 1 saturated carbocycles. The van der Waals surface area contributed by atoms with Crippen LogP contribution in [0.4, 0.5) is 0 Å². The van der Waals surface area contributed by atoms with Crippen LogP contribution in [0, 0.1) is 11.8 Å². The topological polar surface area (TPSA) is 72.8 Å². The molecule has 0 saturated heterocycles. The van der Waals surface area contributed by atoms with Crippen molar-refractivity contribution in [2.45, 2.75) is 45.8 Å². The summed E-state index contributed by atoms with van der Waals surface area (Å²) in [6, 6.07) is 0. The van der Waals surface area contributed by atoms with Crippen LogP contribution in [-0.4, -0.2) is 29.9 Å². The molecule has 1 atom stereocenters. The first-order chi connectivity index (χ1) is 8.04. The highest BCUT2D eigenvalue weighted by molar-refractivity contribution is 5.74. The quantitative estimate of drug-likeness (QED) is 0.589. The van der Waals surface area contributed by atoms with Crippen molar-refractivity contribution in [1.82, 2.24) is 0 Å². The molecule has 1 aliphatic rings. The molecule has 0 heterocycles. The average Bonchev–Trinajstić information content (AvgIpc) is 2.29. The summed E-state index contributed by atoms with van der Waals surface area (Å²) in [6.45, 7) is 4.02. The number of hydrogen-bond acceptors (Lipinski definition) is 4. The summed E-state index contributed by atoms with van der Waals surface area (Å²) in [5.74, 6) is -1.51. The van der Waals surface area contributed by atoms with Crippen molar-refractivity contribution in [2.24, 2.45) is 11.8 Å². The molecule has 1 rings (SSSR count). The number of carbonyl (C=O) groups is 2. The van der Waals surface area contributed by atoms with E-state index in [1.165, 1.54) is 0 Å². The Balaban J connectivity index is 2.33. The largest absolute Gasteiger partial charge is 0.481 e. The van der Waals surface area contributed by atoms with E-state index in [-0.39, 0.29) is 17.8 Å². The maximum atomic E-state index is 11.7. The summed E-state index contributed by atoms with van der Waals surface area (Å²) >= 11 is 0. The van der Waals surface area contributed by atoms with Crippen molar-refractivity contribution in [1.29, 1.82) is 0 Å². The molecule has 17 heavy (non-hydrogen) atoms. The molecule has 0 spiro atoms. The van der Waals surface area contributed by atoms with Crippen LogP contribution in [0.25, 0.3) is 0 Å². The van der Waals surface area contributed by atoms with Crippen LogP contribution in [0.5, 0.6) is 0 Å². The number of hydrogen-bond donors (Lipinski definition) is 1. The fraction of sp³-hybridized carbons (Fsp3) is 0.833. The lowest BCUT2D eigenvalue weighted by Crippen LogP contribution is -2.29. The second-order valence-electron chi connectivity index (χ2n) is 4.35. The second kappa shape index (κ2) is 6.59. The van der Waals surface area contributed by atoms with E-state index in [0.717, 1.165) is 0 Å². The molecule has 0 aromatic rings. The van der Waals surface area contributed by atoms with E-state index in [2.05, 4.69) is 0 Å². The predicted molar refractivity (Wildman–Crippen MR) is 60.3 cm³/mol. The molecule has 98 valence electrons. The Labute approximate surface area is 101 Å². The van der Waals surface area contributed by atoms with Gasteiger partial charge in [-0.05, 0) is 39.5 Å². The highest BCUT2D eigenvalue weighted by Crippen LogP contribution is 2.29. The highest BCUT2D eigenvalue weighted by Gasteiger charge is 2.31. The number of carboxylic acid groups (broad SMARTS) is 1. The van der Waals surface area contributed by atoms with E-state index < -0.39 is 12.3 Å². The highest BCUT2D eigenvalue weighted by atomic mass is 16.7. The molecule has 1 N–H and O–H groups in total. The van der Waals surface area contributed by atoms with Gasteiger partial charge < -0.3 is 14.6 Å². The Morgan fingerprint density at radius 3 is 2.24 bits per heavy atom. The summed E-state index contributed by atoms with van der Waals surface area (Å²) < 4.78 is 10.2. The van der Waals surface area contributed by atoms with Gasteiger partial charge in [-0.25, -0.2) is 0 Å². The zero-order valence-corrected chi connectivity index (χ0v) is 10.3. The standard InChI is InChI=1S/C12H20O5/c1-3-16-8(2)17-12(15)10-6-4-9(5-7-10)11(13)14/h8-10H,3-7H2,1-2H3,(H,13,14). The molecular formula is C12H20O5. The van der Waals surface area contributed by atoms with Crippen LogP contribution in [-0.2, 0) is 19.1 Å². The lowest BCUT2D eigenvalue weighted by Gasteiger charge is -2.25. The Morgan fingerprint density at radius 1 is 1.24 bits per heavy atom. The smallest absolute Gasteiger partial charge is 0.311 e. The van der Waals surface area contributed by atoms with Crippen LogP contribution in [0.15, 0.2) is 0 Å². The third kappa shape index (κ3) is 4.34. The fourth-order valence-electron chi connectivity index (χ4n) is 2.10. The summed E-state index contributed by atoms with van der Waals surface area (Å²) in [5.41, 5.74) is 0. The van der Waals surface area contributed by atoms with Crippen LogP contribution < -0.4 is 0 Å². The zero-order chi connectivity index (χ0) is 12.8. The Hall–Kier alpha value is -1.10. The minimum absolute atomic E-state index is 0.173. The van der Waals surface area contributed by atoms with Crippen LogP contribution in [0.1, 0.15) is 39.5 Å². The first-order valence-corrected chi connectivity index (χ1v) is 6.09. The lowest BCUT2D eigenvalue weighted by atomic mass is 9.82. The normalized spacial score (nSPS) is 26.2. The van der Waals surface area contributed by atoms with E-state index >= 15 is 0 Å². The van der Waals surface area contributed by atoms with Crippen molar-refractivity contribution in [3.63, 3.8) is 0 Å². The fourth-order valence-corrected chi connectivity index (χ4v) is 2.10. The van der Waals surface area contributed by atoms with Crippen molar-refractivity contribution in [3.8, 4) is 0 Å². The third-order valence-electron chi connectivity index (χ3n) is 3.09. The monoisotopic (exact) mass is 244 g/mol. The van der Waals surface area contributed by atoms with E-state index in [0.29, 0.717) is 32.3 Å². The van der Waals surface area contributed by atoms with Crippen molar-refractivity contribution in [2.75, 3.05) is 6.61 Å². The molecule has 0 aromatic carbocycles. The number of aliphatic carboxylic acids is 1. The van der Waals surface area contributed by atoms with Gasteiger partial charge in [0.05, 0.1) is 11.8 Å². The first kappa shape index (κ1) is 14.0. The van der Waals surface area contributed by atoms with Gasteiger partial charge in [-0.2, -0.15) is 0 Å². The molecule has 0 amide bonds. The van der Waals surface area contributed by atoms with Gasteiger partial charge >= 0.3 is 11.9 Å². The predicted octanol–water partition coefficient (Wildman–Crippen LogP) is 1.80. The number of rotatable bonds is 5. The molecule has 5 nitrogen and oxygen atoms in total. The summed E-state index contributed by atoms with van der Waals surface area (Å²) in [7, 11) is 0. The zero-order valence-electron chi connectivity index (χ0n) is 10.3.